The molecular formula is C14H22N2O. The molecule has 0 spiro atoms. The first-order valence-corrected chi connectivity index (χ1v) is 6.34. The van der Waals surface area contributed by atoms with Crippen LogP contribution in [0.5, 0.6) is 0 Å². The van der Waals surface area contributed by atoms with E-state index in [1.807, 2.05) is 6.92 Å². The molecule has 1 aromatic carbocycles. The molecule has 1 atom stereocenters. The molecular weight excluding hydrogens is 212 g/mol. The van der Waals surface area contributed by atoms with Crippen LogP contribution in [0.15, 0.2) is 24.3 Å². The van der Waals surface area contributed by atoms with Crippen LogP contribution >= 0.6 is 0 Å². The van der Waals surface area contributed by atoms with Crippen LogP contribution < -0.4 is 10.6 Å². The number of nitrogens with zero attached hydrogens (tertiary/aromatic N) is 1. The Kier molecular flexibility index (Phi) is 4.02. The third-order valence-corrected chi connectivity index (χ3v) is 3.54. The van der Waals surface area contributed by atoms with Crippen LogP contribution in [0.3, 0.4) is 0 Å². The molecule has 0 radical (unpaired) electrons. The van der Waals surface area contributed by atoms with E-state index < -0.39 is 0 Å². The molecule has 1 aromatic rings. The number of ether oxygens (including phenoxy) is 1. The fourth-order valence-electron chi connectivity index (χ4n) is 2.49. The SMILES string of the molecule is COC1CCN(c2ccccc2[C@@H](C)N)CC1. The van der Waals surface area contributed by atoms with Crippen molar-refractivity contribution in [3.63, 3.8) is 0 Å². The van der Waals surface area contributed by atoms with E-state index in [2.05, 4.69) is 29.2 Å². The van der Waals surface area contributed by atoms with Gasteiger partial charge in [-0.2, -0.15) is 0 Å². The molecule has 1 saturated heterocycles. The van der Waals surface area contributed by atoms with Gasteiger partial charge in [-0.25, -0.2) is 0 Å². The highest BCUT2D eigenvalue weighted by atomic mass is 16.5. The van der Waals surface area contributed by atoms with Crippen LogP contribution in [-0.2, 0) is 4.74 Å². The van der Waals surface area contributed by atoms with Crippen LogP contribution in [0.1, 0.15) is 31.4 Å². The molecule has 3 heteroatoms. The maximum absolute atomic E-state index is 6.02. The highest BCUT2D eigenvalue weighted by Gasteiger charge is 2.20. The highest BCUT2D eigenvalue weighted by Crippen LogP contribution is 2.27. The second-order valence-electron chi connectivity index (χ2n) is 4.77. The molecule has 3 nitrogen and oxygen atoms in total. The fourth-order valence-corrected chi connectivity index (χ4v) is 2.49. The van der Waals surface area contributed by atoms with Gasteiger partial charge < -0.3 is 15.4 Å². The van der Waals surface area contributed by atoms with Crippen LogP contribution in [0.4, 0.5) is 5.69 Å². The molecule has 0 aromatic heterocycles. The number of para-hydroxylation sites is 1. The van der Waals surface area contributed by atoms with Gasteiger partial charge >= 0.3 is 0 Å². The zero-order valence-corrected chi connectivity index (χ0v) is 10.7. The topological polar surface area (TPSA) is 38.5 Å². The van der Waals surface area contributed by atoms with Gasteiger partial charge in [-0.05, 0) is 31.4 Å². The molecule has 2 N–H and O–H groups in total. The molecule has 1 aliphatic rings. The number of benzene rings is 1. The van der Waals surface area contributed by atoms with Gasteiger partial charge in [-0.15, -0.1) is 0 Å². The lowest BCUT2D eigenvalue weighted by molar-refractivity contribution is 0.0819. The average molecular weight is 234 g/mol. The maximum Gasteiger partial charge on any atom is 0.0605 e. The van der Waals surface area contributed by atoms with Crippen molar-refractivity contribution in [3.05, 3.63) is 29.8 Å². The Bertz CT molecular complexity index is 357. The zero-order chi connectivity index (χ0) is 12.3. The molecule has 94 valence electrons. The number of hydrogen-bond acceptors (Lipinski definition) is 3. The third kappa shape index (κ3) is 2.79. The number of rotatable bonds is 3. The van der Waals surface area contributed by atoms with Gasteiger partial charge in [0.25, 0.3) is 0 Å². The van der Waals surface area contributed by atoms with Gasteiger partial charge in [-0.3, -0.25) is 0 Å². The molecule has 1 heterocycles. The quantitative estimate of drug-likeness (QED) is 0.872. The number of nitrogens with two attached hydrogens (primary N) is 1. The van der Waals surface area contributed by atoms with E-state index in [9.17, 15) is 0 Å². The van der Waals surface area contributed by atoms with Crippen molar-refractivity contribution >= 4 is 5.69 Å². The summed E-state index contributed by atoms with van der Waals surface area (Å²) in [4.78, 5) is 2.42. The molecule has 1 aliphatic heterocycles. The monoisotopic (exact) mass is 234 g/mol. The summed E-state index contributed by atoms with van der Waals surface area (Å²) in [5.41, 5.74) is 8.55. The molecule has 0 saturated carbocycles. The van der Waals surface area contributed by atoms with Crippen LogP contribution in [0, 0.1) is 0 Å². The predicted octanol–water partition coefficient (Wildman–Crippen LogP) is 2.32. The Hall–Kier alpha value is -1.06. The first-order valence-electron chi connectivity index (χ1n) is 6.34. The lowest BCUT2D eigenvalue weighted by Crippen LogP contribution is -2.37. The van der Waals surface area contributed by atoms with Gasteiger partial charge in [-0.1, -0.05) is 18.2 Å². The van der Waals surface area contributed by atoms with Gasteiger partial charge in [0.05, 0.1) is 6.10 Å². The number of methoxy groups -OCH3 is 1. The first kappa shape index (κ1) is 12.4. The minimum absolute atomic E-state index is 0.0892. The largest absolute Gasteiger partial charge is 0.381 e. The van der Waals surface area contributed by atoms with Crippen molar-refractivity contribution in [2.24, 2.45) is 5.73 Å². The Labute approximate surface area is 104 Å². The molecule has 1 fully saturated rings. The van der Waals surface area contributed by atoms with E-state index in [1.165, 1.54) is 11.3 Å². The summed E-state index contributed by atoms with van der Waals surface area (Å²) in [6.45, 7) is 4.16. The lowest BCUT2D eigenvalue weighted by Gasteiger charge is -2.34. The van der Waals surface area contributed by atoms with Crippen LogP contribution in [0.25, 0.3) is 0 Å². The van der Waals surface area contributed by atoms with Crippen molar-refractivity contribution in [3.8, 4) is 0 Å². The minimum atomic E-state index is 0.0892. The van der Waals surface area contributed by atoms with Crippen molar-refractivity contribution in [2.45, 2.75) is 31.9 Å². The van der Waals surface area contributed by atoms with E-state index in [0.717, 1.165) is 25.9 Å². The van der Waals surface area contributed by atoms with Gasteiger partial charge in [0, 0.05) is 31.9 Å². The smallest absolute Gasteiger partial charge is 0.0605 e. The molecule has 2 rings (SSSR count). The Balaban J connectivity index is 2.13. The predicted molar refractivity (Wildman–Crippen MR) is 71.3 cm³/mol. The average Bonchev–Trinajstić information content (AvgIpc) is 2.39. The fraction of sp³-hybridized carbons (Fsp3) is 0.571. The number of anilines is 1. The summed E-state index contributed by atoms with van der Waals surface area (Å²) in [6.07, 6.45) is 2.63. The molecule has 0 amide bonds. The molecule has 0 aliphatic carbocycles. The van der Waals surface area contributed by atoms with E-state index in [1.54, 1.807) is 7.11 Å². The Morgan fingerprint density at radius 1 is 1.29 bits per heavy atom. The summed E-state index contributed by atoms with van der Waals surface area (Å²) < 4.78 is 5.40. The molecule has 0 unspecified atom stereocenters. The van der Waals surface area contributed by atoms with Gasteiger partial charge in [0.2, 0.25) is 0 Å². The second-order valence-corrected chi connectivity index (χ2v) is 4.77. The second kappa shape index (κ2) is 5.52. The van der Waals surface area contributed by atoms with Crippen molar-refractivity contribution in [2.75, 3.05) is 25.1 Å². The lowest BCUT2D eigenvalue weighted by atomic mass is 10.0. The Morgan fingerprint density at radius 2 is 1.94 bits per heavy atom. The molecule has 0 bridgehead atoms. The van der Waals surface area contributed by atoms with Crippen molar-refractivity contribution in [1.29, 1.82) is 0 Å². The zero-order valence-electron chi connectivity index (χ0n) is 10.7. The van der Waals surface area contributed by atoms with E-state index in [4.69, 9.17) is 10.5 Å². The summed E-state index contributed by atoms with van der Waals surface area (Å²) in [6, 6.07) is 8.54. The first-order chi connectivity index (χ1) is 8.22. The summed E-state index contributed by atoms with van der Waals surface area (Å²) >= 11 is 0. The Morgan fingerprint density at radius 3 is 2.53 bits per heavy atom. The van der Waals surface area contributed by atoms with Crippen LogP contribution in [-0.4, -0.2) is 26.3 Å². The third-order valence-electron chi connectivity index (χ3n) is 3.54. The highest BCUT2D eigenvalue weighted by molar-refractivity contribution is 5.55. The standard InChI is InChI=1S/C14H22N2O/c1-11(15)13-5-3-4-6-14(13)16-9-7-12(17-2)8-10-16/h3-6,11-12H,7-10,15H2,1-2H3/t11-/m1/s1. The summed E-state index contributed by atoms with van der Waals surface area (Å²) in [7, 11) is 1.80. The van der Waals surface area contributed by atoms with Crippen molar-refractivity contribution < 1.29 is 4.74 Å². The normalized spacial score (nSPS) is 19.4. The van der Waals surface area contributed by atoms with E-state index >= 15 is 0 Å². The van der Waals surface area contributed by atoms with E-state index in [-0.39, 0.29) is 6.04 Å². The van der Waals surface area contributed by atoms with Crippen LogP contribution in [0.2, 0.25) is 0 Å². The van der Waals surface area contributed by atoms with Gasteiger partial charge in [0.1, 0.15) is 0 Å². The maximum atomic E-state index is 6.02. The molecule has 17 heavy (non-hydrogen) atoms. The number of hydrogen-bond donors (Lipinski definition) is 1. The van der Waals surface area contributed by atoms with Crippen molar-refractivity contribution in [1.82, 2.24) is 0 Å². The number of piperidine rings is 1. The van der Waals surface area contributed by atoms with E-state index in [0.29, 0.717) is 6.10 Å². The summed E-state index contributed by atoms with van der Waals surface area (Å²) in [5.74, 6) is 0. The van der Waals surface area contributed by atoms with Gasteiger partial charge in [0.15, 0.2) is 0 Å². The minimum Gasteiger partial charge on any atom is -0.381 e. The summed E-state index contributed by atoms with van der Waals surface area (Å²) in [5, 5.41) is 0.